The van der Waals surface area contributed by atoms with Crippen molar-refractivity contribution in [1.82, 2.24) is 5.32 Å². The zero-order valence-corrected chi connectivity index (χ0v) is 15.8. The molecule has 134 valence electrons. The fourth-order valence-corrected chi connectivity index (χ4v) is 2.86. The molecule has 2 aromatic carbocycles. The van der Waals surface area contributed by atoms with Crippen LogP contribution < -0.4 is 10.1 Å². The van der Waals surface area contributed by atoms with Gasteiger partial charge in [0.15, 0.2) is 5.78 Å². The fraction of sp³-hybridized carbons (Fsp3) is 0.409. The van der Waals surface area contributed by atoms with E-state index in [9.17, 15) is 4.79 Å². The van der Waals surface area contributed by atoms with Gasteiger partial charge in [0, 0.05) is 30.1 Å². The van der Waals surface area contributed by atoms with Crippen LogP contribution in [0.25, 0.3) is 11.1 Å². The second-order valence-electron chi connectivity index (χ2n) is 6.46. The third-order valence-electron chi connectivity index (χ3n) is 4.22. The summed E-state index contributed by atoms with van der Waals surface area (Å²) in [6, 6.07) is 14.6. The molecular weight excluding hydrogens is 310 g/mol. The maximum atomic E-state index is 12.1. The van der Waals surface area contributed by atoms with Crippen LogP contribution in [0.1, 0.15) is 50.0 Å². The molecule has 25 heavy (non-hydrogen) atoms. The van der Waals surface area contributed by atoms with Crippen LogP contribution in [-0.2, 0) is 6.42 Å². The molecule has 0 spiro atoms. The van der Waals surface area contributed by atoms with Crippen LogP contribution in [0.15, 0.2) is 42.5 Å². The Morgan fingerprint density at radius 1 is 1.12 bits per heavy atom. The molecule has 3 nitrogen and oxygen atoms in total. The molecule has 0 saturated carbocycles. The second kappa shape index (κ2) is 9.38. The van der Waals surface area contributed by atoms with E-state index in [4.69, 9.17) is 4.74 Å². The minimum atomic E-state index is 0.202. The van der Waals surface area contributed by atoms with Crippen LogP contribution in [0.4, 0.5) is 0 Å². The summed E-state index contributed by atoms with van der Waals surface area (Å²) in [5, 5.41) is 3.36. The standard InChI is InChI=1S/C22H29NO2/c1-5-17-15-18(11-12-19(17)21(24)6-2)20-9-7-8-10-22(20)25-14-13-23-16(3)4/h7-12,15-16,23H,5-6,13-14H2,1-4H3. The number of Topliss-reactive ketones (excluding diaryl/α,β-unsaturated/α-hetero) is 1. The number of nitrogens with one attached hydrogen (secondary N) is 1. The van der Waals surface area contributed by atoms with E-state index in [0.29, 0.717) is 19.1 Å². The van der Waals surface area contributed by atoms with Gasteiger partial charge in [-0.05, 0) is 23.6 Å². The van der Waals surface area contributed by atoms with E-state index >= 15 is 0 Å². The average molecular weight is 339 g/mol. The predicted octanol–water partition coefficient (Wildman–Crippen LogP) is 4.89. The lowest BCUT2D eigenvalue weighted by molar-refractivity contribution is 0.0987. The molecule has 0 atom stereocenters. The van der Waals surface area contributed by atoms with Crippen molar-refractivity contribution in [3.05, 3.63) is 53.6 Å². The Kier molecular flexibility index (Phi) is 7.20. The van der Waals surface area contributed by atoms with E-state index in [1.807, 2.05) is 37.3 Å². The first-order valence-electron chi connectivity index (χ1n) is 9.18. The number of hydrogen-bond donors (Lipinski definition) is 1. The molecular formula is C22H29NO2. The Morgan fingerprint density at radius 2 is 1.88 bits per heavy atom. The van der Waals surface area contributed by atoms with Crippen molar-refractivity contribution in [1.29, 1.82) is 0 Å². The predicted molar refractivity (Wildman–Crippen MR) is 105 cm³/mol. The lowest BCUT2D eigenvalue weighted by atomic mass is 9.94. The first kappa shape index (κ1) is 19.2. The van der Waals surface area contributed by atoms with Gasteiger partial charge in [0.2, 0.25) is 0 Å². The topological polar surface area (TPSA) is 38.3 Å². The monoisotopic (exact) mass is 339 g/mol. The number of para-hydroxylation sites is 1. The molecule has 0 bridgehead atoms. The Hall–Kier alpha value is -2.13. The minimum Gasteiger partial charge on any atom is -0.492 e. The molecule has 1 N–H and O–H groups in total. The van der Waals surface area contributed by atoms with Gasteiger partial charge in [-0.2, -0.15) is 0 Å². The SMILES string of the molecule is CCC(=O)c1ccc(-c2ccccc2OCCNC(C)C)cc1CC. The van der Waals surface area contributed by atoms with Crippen LogP contribution in [0.5, 0.6) is 5.75 Å². The molecule has 0 aromatic heterocycles. The quantitative estimate of drug-likeness (QED) is 0.522. The molecule has 0 heterocycles. The highest BCUT2D eigenvalue weighted by Crippen LogP contribution is 2.31. The first-order chi connectivity index (χ1) is 12.1. The number of carbonyl (C=O) groups excluding carboxylic acids is 1. The van der Waals surface area contributed by atoms with Crippen LogP contribution >= 0.6 is 0 Å². The van der Waals surface area contributed by atoms with Crippen LogP contribution in [0, 0.1) is 0 Å². The van der Waals surface area contributed by atoms with Gasteiger partial charge < -0.3 is 10.1 Å². The highest BCUT2D eigenvalue weighted by Gasteiger charge is 2.12. The minimum absolute atomic E-state index is 0.202. The van der Waals surface area contributed by atoms with E-state index in [2.05, 4.69) is 38.2 Å². The van der Waals surface area contributed by atoms with Crippen molar-refractivity contribution in [2.75, 3.05) is 13.2 Å². The lowest BCUT2D eigenvalue weighted by Gasteiger charge is -2.15. The zero-order valence-electron chi connectivity index (χ0n) is 15.8. The number of ketones is 1. The van der Waals surface area contributed by atoms with E-state index < -0.39 is 0 Å². The number of carbonyl (C=O) groups is 1. The molecule has 3 heteroatoms. The van der Waals surface area contributed by atoms with Crippen LogP contribution in [-0.4, -0.2) is 25.0 Å². The molecule has 0 unspecified atom stereocenters. The highest BCUT2D eigenvalue weighted by molar-refractivity contribution is 5.98. The molecule has 0 aliphatic heterocycles. The van der Waals surface area contributed by atoms with Gasteiger partial charge >= 0.3 is 0 Å². The summed E-state index contributed by atoms with van der Waals surface area (Å²) in [5.74, 6) is 1.08. The van der Waals surface area contributed by atoms with Gasteiger partial charge in [-0.3, -0.25) is 4.79 Å². The van der Waals surface area contributed by atoms with Gasteiger partial charge in [-0.25, -0.2) is 0 Å². The lowest BCUT2D eigenvalue weighted by Crippen LogP contribution is -2.27. The maximum absolute atomic E-state index is 12.1. The largest absolute Gasteiger partial charge is 0.492 e. The average Bonchev–Trinajstić information content (AvgIpc) is 2.64. The van der Waals surface area contributed by atoms with Crippen LogP contribution in [0.3, 0.4) is 0 Å². The van der Waals surface area contributed by atoms with Gasteiger partial charge in [-0.15, -0.1) is 0 Å². The molecule has 0 aliphatic carbocycles. The molecule has 0 aliphatic rings. The summed E-state index contributed by atoms with van der Waals surface area (Å²) in [6.45, 7) is 9.69. The molecule has 0 fully saturated rings. The summed E-state index contributed by atoms with van der Waals surface area (Å²) < 4.78 is 5.98. The molecule has 2 rings (SSSR count). The molecule has 0 saturated heterocycles. The maximum Gasteiger partial charge on any atom is 0.162 e. The van der Waals surface area contributed by atoms with E-state index in [1.165, 1.54) is 0 Å². The van der Waals surface area contributed by atoms with Crippen molar-refractivity contribution < 1.29 is 9.53 Å². The third-order valence-corrected chi connectivity index (χ3v) is 4.22. The summed E-state index contributed by atoms with van der Waals surface area (Å²) in [4.78, 5) is 12.1. The third kappa shape index (κ3) is 5.17. The summed E-state index contributed by atoms with van der Waals surface area (Å²) in [6.07, 6.45) is 1.38. The number of benzene rings is 2. The highest BCUT2D eigenvalue weighted by atomic mass is 16.5. The second-order valence-corrected chi connectivity index (χ2v) is 6.46. The molecule has 0 amide bonds. The number of ether oxygens (including phenoxy) is 1. The van der Waals surface area contributed by atoms with Crippen molar-refractivity contribution in [2.45, 2.75) is 46.6 Å². The normalized spacial score (nSPS) is 10.9. The summed E-state index contributed by atoms with van der Waals surface area (Å²) in [7, 11) is 0. The van der Waals surface area contributed by atoms with Crippen molar-refractivity contribution in [3.8, 4) is 16.9 Å². The Bertz CT molecular complexity index is 707. The van der Waals surface area contributed by atoms with Crippen LogP contribution in [0.2, 0.25) is 0 Å². The van der Waals surface area contributed by atoms with Gasteiger partial charge in [0.1, 0.15) is 12.4 Å². The Labute approximate surface area is 151 Å². The first-order valence-corrected chi connectivity index (χ1v) is 9.18. The van der Waals surface area contributed by atoms with Crippen molar-refractivity contribution >= 4 is 5.78 Å². The van der Waals surface area contributed by atoms with E-state index in [0.717, 1.165) is 41.0 Å². The summed E-state index contributed by atoms with van der Waals surface area (Å²) >= 11 is 0. The number of hydrogen-bond acceptors (Lipinski definition) is 3. The van der Waals surface area contributed by atoms with Gasteiger partial charge in [0.25, 0.3) is 0 Å². The number of aryl methyl sites for hydroxylation is 1. The zero-order chi connectivity index (χ0) is 18.2. The fourth-order valence-electron chi connectivity index (χ4n) is 2.86. The van der Waals surface area contributed by atoms with Gasteiger partial charge in [-0.1, -0.05) is 64.1 Å². The molecule has 0 radical (unpaired) electrons. The van der Waals surface area contributed by atoms with Crippen molar-refractivity contribution in [2.24, 2.45) is 0 Å². The smallest absolute Gasteiger partial charge is 0.162 e. The summed E-state index contributed by atoms with van der Waals surface area (Å²) in [5.41, 5.74) is 4.10. The van der Waals surface area contributed by atoms with Crippen molar-refractivity contribution in [3.63, 3.8) is 0 Å². The van der Waals surface area contributed by atoms with Gasteiger partial charge in [0.05, 0.1) is 0 Å². The Balaban J connectivity index is 2.25. The van der Waals surface area contributed by atoms with E-state index in [-0.39, 0.29) is 5.78 Å². The Morgan fingerprint density at radius 3 is 2.56 bits per heavy atom. The molecule has 2 aromatic rings. The number of rotatable bonds is 9. The van der Waals surface area contributed by atoms with E-state index in [1.54, 1.807) is 0 Å².